The molecule has 3 heteroatoms. The van der Waals surface area contributed by atoms with Crippen LogP contribution in [0.1, 0.15) is 20.3 Å². The Labute approximate surface area is 61.2 Å². The summed E-state index contributed by atoms with van der Waals surface area (Å²) < 4.78 is 0. The third kappa shape index (κ3) is 1.01. The van der Waals surface area contributed by atoms with E-state index in [2.05, 4.69) is 6.92 Å². The van der Waals surface area contributed by atoms with E-state index in [0.717, 1.165) is 0 Å². The van der Waals surface area contributed by atoms with E-state index in [9.17, 15) is 4.79 Å². The van der Waals surface area contributed by atoms with Crippen LogP contribution in [0.25, 0.3) is 0 Å². The highest BCUT2D eigenvalue weighted by atomic mass is 16.2. The predicted molar refractivity (Wildman–Crippen MR) is 39.1 cm³/mol. The van der Waals surface area contributed by atoms with Crippen LogP contribution in [-0.2, 0) is 4.79 Å². The summed E-state index contributed by atoms with van der Waals surface area (Å²) in [5.41, 5.74) is 5.38. The third-order valence-corrected chi connectivity index (χ3v) is 2.33. The Morgan fingerprint density at radius 3 is 2.50 bits per heavy atom. The van der Waals surface area contributed by atoms with Gasteiger partial charge in [0, 0.05) is 12.5 Å². The van der Waals surface area contributed by atoms with E-state index in [1.807, 2.05) is 6.92 Å². The fourth-order valence-electron chi connectivity index (χ4n) is 1.37. The van der Waals surface area contributed by atoms with Gasteiger partial charge in [0.1, 0.15) is 0 Å². The number of carbonyl (C=O) groups is 1. The number of rotatable bonds is 1. The lowest BCUT2D eigenvalue weighted by Gasteiger charge is -2.20. The molecule has 0 spiro atoms. The Hall–Kier alpha value is -0.570. The first-order valence-corrected chi connectivity index (χ1v) is 3.66. The van der Waals surface area contributed by atoms with Crippen LogP contribution < -0.4 is 5.73 Å². The second kappa shape index (κ2) is 2.58. The van der Waals surface area contributed by atoms with Crippen LogP contribution in [0.3, 0.4) is 0 Å². The van der Waals surface area contributed by atoms with Gasteiger partial charge < -0.3 is 10.6 Å². The largest absolute Gasteiger partial charge is 0.327 e. The molecule has 0 aliphatic carbocycles. The van der Waals surface area contributed by atoms with Crippen molar-refractivity contribution >= 4 is 5.91 Å². The van der Waals surface area contributed by atoms with E-state index in [4.69, 9.17) is 5.73 Å². The summed E-state index contributed by atoms with van der Waals surface area (Å²) in [6, 6.07) is 0.331. The molecule has 1 saturated heterocycles. The van der Waals surface area contributed by atoms with Crippen LogP contribution in [-0.4, -0.2) is 23.5 Å². The van der Waals surface area contributed by atoms with E-state index in [0.29, 0.717) is 25.0 Å². The molecular formula is C7H14N2O. The highest BCUT2D eigenvalue weighted by Crippen LogP contribution is 2.22. The van der Waals surface area contributed by atoms with Crippen molar-refractivity contribution in [3.05, 3.63) is 0 Å². The summed E-state index contributed by atoms with van der Waals surface area (Å²) >= 11 is 0. The quantitative estimate of drug-likeness (QED) is 0.567. The summed E-state index contributed by atoms with van der Waals surface area (Å²) in [5.74, 6) is 0.665. The molecule has 1 heterocycles. The molecular weight excluding hydrogens is 128 g/mol. The van der Waals surface area contributed by atoms with E-state index >= 15 is 0 Å². The standard InChI is InChI=1S/C7H14N2O/c1-5-3-7(10)9(4-8)6(5)2/h5-6H,3-4,8H2,1-2H3. The SMILES string of the molecule is CC1CC(=O)N(CN)C1C. The monoisotopic (exact) mass is 142 g/mol. The van der Waals surface area contributed by atoms with Crippen molar-refractivity contribution in [2.45, 2.75) is 26.3 Å². The summed E-state index contributed by atoms with van der Waals surface area (Å²) in [6.45, 7) is 4.49. The molecule has 1 aliphatic heterocycles. The van der Waals surface area contributed by atoms with E-state index in [1.54, 1.807) is 4.90 Å². The third-order valence-electron chi connectivity index (χ3n) is 2.33. The molecule has 0 saturated carbocycles. The van der Waals surface area contributed by atoms with E-state index in [-0.39, 0.29) is 5.91 Å². The van der Waals surface area contributed by atoms with Crippen LogP contribution in [0, 0.1) is 5.92 Å². The molecule has 0 aromatic carbocycles. The number of likely N-dealkylation sites (tertiary alicyclic amines) is 1. The molecule has 3 nitrogen and oxygen atoms in total. The topological polar surface area (TPSA) is 46.3 Å². The van der Waals surface area contributed by atoms with Crippen molar-refractivity contribution < 1.29 is 4.79 Å². The van der Waals surface area contributed by atoms with Crippen LogP contribution in [0.4, 0.5) is 0 Å². The molecule has 2 N–H and O–H groups in total. The molecule has 0 radical (unpaired) electrons. The second-order valence-corrected chi connectivity index (χ2v) is 2.97. The Balaban J connectivity index is 2.64. The number of carbonyl (C=O) groups excluding carboxylic acids is 1. The van der Waals surface area contributed by atoms with Gasteiger partial charge in [0.05, 0.1) is 6.67 Å². The molecule has 2 unspecified atom stereocenters. The minimum atomic E-state index is 0.197. The van der Waals surface area contributed by atoms with Crippen LogP contribution in [0.15, 0.2) is 0 Å². The van der Waals surface area contributed by atoms with Crippen molar-refractivity contribution in [1.82, 2.24) is 4.90 Å². The van der Waals surface area contributed by atoms with Crippen molar-refractivity contribution in [2.24, 2.45) is 11.7 Å². The predicted octanol–water partition coefficient (Wildman–Crippen LogP) is 0.160. The van der Waals surface area contributed by atoms with Gasteiger partial charge in [0.15, 0.2) is 0 Å². The zero-order valence-corrected chi connectivity index (χ0v) is 6.50. The molecule has 2 atom stereocenters. The first-order valence-electron chi connectivity index (χ1n) is 3.66. The smallest absolute Gasteiger partial charge is 0.224 e. The average molecular weight is 142 g/mol. The lowest BCUT2D eigenvalue weighted by molar-refractivity contribution is -0.128. The van der Waals surface area contributed by atoms with Crippen molar-refractivity contribution in [1.29, 1.82) is 0 Å². The van der Waals surface area contributed by atoms with Gasteiger partial charge in [-0.05, 0) is 12.8 Å². The number of nitrogens with two attached hydrogens (primary N) is 1. The van der Waals surface area contributed by atoms with Gasteiger partial charge in [-0.3, -0.25) is 4.79 Å². The fourth-order valence-corrected chi connectivity index (χ4v) is 1.37. The minimum Gasteiger partial charge on any atom is -0.327 e. The molecule has 0 aromatic rings. The highest BCUT2D eigenvalue weighted by molar-refractivity contribution is 5.79. The zero-order valence-electron chi connectivity index (χ0n) is 6.50. The fraction of sp³-hybridized carbons (Fsp3) is 0.857. The maximum absolute atomic E-state index is 11.1. The summed E-state index contributed by atoms with van der Waals surface area (Å²) in [6.07, 6.45) is 0.665. The summed E-state index contributed by atoms with van der Waals surface area (Å²) in [4.78, 5) is 12.8. The first-order chi connectivity index (χ1) is 4.66. The lowest BCUT2D eigenvalue weighted by Crippen LogP contribution is -2.37. The van der Waals surface area contributed by atoms with Crippen molar-refractivity contribution in [2.75, 3.05) is 6.67 Å². The van der Waals surface area contributed by atoms with Gasteiger partial charge >= 0.3 is 0 Å². The Morgan fingerprint density at radius 1 is 1.70 bits per heavy atom. The molecule has 0 aromatic heterocycles. The number of amides is 1. The Kier molecular flexibility index (Phi) is 1.94. The van der Waals surface area contributed by atoms with E-state index in [1.165, 1.54) is 0 Å². The van der Waals surface area contributed by atoms with Crippen LogP contribution in [0.5, 0.6) is 0 Å². The van der Waals surface area contributed by atoms with Gasteiger partial charge in [-0.25, -0.2) is 0 Å². The maximum atomic E-state index is 11.1. The number of hydrogen-bond acceptors (Lipinski definition) is 2. The van der Waals surface area contributed by atoms with E-state index < -0.39 is 0 Å². The van der Waals surface area contributed by atoms with Gasteiger partial charge in [0.25, 0.3) is 0 Å². The minimum absolute atomic E-state index is 0.197. The molecule has 10 heavy (non-hydrogen) atoms. The molecule has 1 rings (SSSR count). The van der Waals surface area contributed by atoms with Crippen molar-refractivity contribution in [3.63, 3.8) is 0 Å². The van der Waals surface area contributed by atoms with Crippen molar-refractivity contribution in [3.8, 4) is 0 Å². The lowest BCUT2D eigenvalue weighted by atomic mass is 10.1. The van der Waals surface area contributed by atoms with Gasteiger partial charge in [-0.2, -0.15) is 0 Å². The highest BCUT2D eigenvalue weighted by Gasteiger charge is 2.32. The van der Waals surface area contributed by atoms with Crippen LogP contribution >= 0.6 is 0 Å². The molecule has 1 amide bonds. The normalized spacial score (nSPS) is 33.5. The molecule has 58 valence electrons. The zero-order chi connectivity index (χ0) is 7.72. The Bertz CT molecular complexity index is 147. The summed E-state index contributed by atoms with van der Waals surface area (Å²) in [5, 5.41) is 0. The molecule has 1 fully saturated rings. The Morgan fingerprint density at radius 2 is 2.30 bits per heavy atom. The van der Waals surface area contributed by atoms with Gasteiger partial charge in [0.2, 0.25) is 5.91 Å². The molecule has 0 bridgehead atoms. The average Bonchev–Trinajstić information content (AvgIpc) is 2.09. The second-order valence-electron chi connectivity index (χ2n) is 2.97. The van der Waals surface area contributed by atoms with Gasteiger partial charge in [-0.1, -0.05) is 6.92 Å². The maximum Gasteiger partial charge on any atom is 0.224 e. The number of hydrogen-bond donors (Lipinski definition) is 1. The summed E-state index contributed by atoms with van der Waals surface area (Å²) in [7, 11) is 0. The van der Waals surface area contributed by atoms with Crippen LogP contribution in [0.2, 0.25) is 0 Å². The first kappa shape index (κ1) is 7.54. The number of nitrogens with zero attached hydrogens (tertiary/aromatic N) is 1. The van der Waals surface area contributed by atoms with Gasteiger partial charge in [-0.15, -0.1) is 0 Å². The molecule has 1 aliphatic rings.